The summed E-state index contributed by atoms with van der Waals surface area (Å²) in [6, 6.07) is 15.8. The molecule has 1 saturated heterocycles. The smallest absolute Gasteiger partial charge is 0.311 e. The lowest BCUT2D eigenvalue weighted by Gasteiger charge is -2.28. The van der Waals surface area contributed by atoms with E-state index in [-0.39, 0.29) is 22.2 Å². The molecule has 7 heteroatoms. The monoisotopic (exact) mass is 433 g/mol. The molecule has 0 saturated carbocycles. The number of thioether (sulfide) groups is 1. The first-order chi connectivity index (χ1) is 13.8. The first kappa shape index (κ1) is 21.9. The number of rotatable bonds is 6. The molecule has 2 aromatic rings. The van der Waals surface area contributed by atoms with Crippen molar-refractivity contribution in [3.8, 4) is 0 Å². The van der Waals surface area contributed by atoms with Crippen LogP contribution in [0, 0.1) is 12.8 Å². The minimum Gasteiger partial charge on any atom is -0.469 e. The molecule has 1 unspecified atom stereocenters. The molecule has 0 aliphatic carbocycles. The SMILES string of the molecule is CC[C@H]1[C@H](Sc2ccccc2)C(C(=O)OC)[C@@H](C)N1S(=O)(=O)c1ccc(C)cc1. The van der Waals surface area contributed by atoms with Crippen LogP contribution in [0.1, 0.15) is 25.8 Å². The minimum absolute atomic E-state index is 0.231. The zero-order valence-corrected chi connectivity index (χ0v) is 18.7. The van der Waals surface area contributed by atoms with Gasteiger partial charge in [0.05, 0.1) is 17.9 Å². The molecule has 29 heavy (non-hydrogen) atoms. The summed E-state index contributed by atoms with van der Waals surface area (Å²) in [5.41, 5.74) is 0.996. The van der Waals surface area contributed by atoms with Gasteiger partial charge >= 0.3 is 5.97 Å². The first-order valence-corrected chi connectivity index (χ1v) is 12.0. The summed E-state index contributed by atoms with van der Waals surface area (Å²) < 4.78 is 33.7. The molecule has 0 amide bonds. The number of benzene rings is 2. The van der Waals surface area contributed by atoms with E-state index in [1.54, 1.807) is 36.0 Å². The molecule has 5 nitrogen and oxygen atoms in total. The van der Waals surface area contributed by atoms with Crippen LogP contribution in [0.4, 0.5) is 0 Å². The molecule has 0 aromatic heterocycles. The summed E-state index contributed by atoms with van der Waals surface area (Å²) in [4.78, 5) is 13.9. The van der Waals surface area contributed by atoms with Crippen LogP contribution in [0.5, 0.6) is 0 Å². The molecule has 0 spiro atoms. The van der Waals surface area contributed by atoms with Crippen molar-refractivity contribution in [3.05, 3.63) is 60.2 Å². The maximum absolute atomic E-state index is 13.5. The van der Waals surface area contributed by atoms with E-state index in [0.29, 0.717) is 6.42 Å². The highest BCUT2D eigenvalue weighted by molar-refractivity contribution is 8.00. The van der Waals surface area contributed by atoms with Crippen molar-refractivity contribution in [2.45, 2.75) is 54.3 Å². The third kappa shape index (κ3) is 4.22. The second-order valence-corrected chi connectivity index (χ2v) is 10.4. The molecule has 0 bridgehead atoms. The van der Waals surface area contributed by atoms with Crippen LogP contribution in [0.2, 0.25) is 0 Å². The highest BCUT2D eigenvalue weighted by atomic mass is 32.2. The maximum Gasteiger partial charge on any atom is 0.311 e. The molecular weight excluding hydrogens is 406 g/mol. The van der Waals surface area contributed by atoms with Gasteiger partial charge in [-0.05, 0) is 44.5 Å². The molecule has 1 aliphatic rings. The van der Waals surface area contributed by atoms with Gasteiger partial charge in [-0.2, -0.15) is 4.31 Å². The standard InChI is InChI=1S/C22H27NO4S2/c1-5-19-21(28-17-9-7-6-8-10-17)20(22(24)27-4)16(3)23(19)29(25,26)18-13-11-15(2)12-14-18/h6-14,16,19-21H,5H2,1-4H3/t16-,19+,20?,21+/m1/s1. The number of carbonyl (C=O) groups is 1. The summed E-state index contributed by atoms with van der Waals surface area (Å²) in [6.07, 6.45) is 0.605. The molecule has 1 heterocycles. The quantitative estimate of drug-likeness (QED) is 0.642. The number of methoxy groups -OCH3 is 1. The third-order valence-electron chi connectivity index (χ3n) is 5.48. The van der Waals surface area contributed by atoms with E-state index in [9.17, 15) is 13.2 Å². The molecule has 2 aromatic carbocycles. The Labute approximate surface area is 177 Å². The number of ether oxygens (including phenoxy) is 1. The van der Waals surface area contributed by atoms with Crippen LogP contribution in [0.15, 0.2) is 64.4 Å². The van der Waals surface area contributed by atoms with Gasteiger partial charge in [-0.1, -0.05) is 42.8 Å². The highest BCUT2D eigenvalue weighted by Gasteiger charge is 2.54. The van der Waals surface area contributed by atoms with E-state index in [2.05, 4.69) is 0 Å². The van der Waals surface area contributed by atoms with Gasteiger partial charge < -0.3 is 4.74 Å². The first-order valence-electron chi connectivity index (χ1n) is 9.71. The van der Waals surface area contributed by atoms with Gasteiger partial charge in [0.25, 0.3) is 0 Å². The lowest BCUT2D eigenvalue weighted by atomic mass is 9.99. The van der Waals surface area contributed by atoms with Gasteiger partial charge in [0.1, 0.15) is 0 Å². The number of carbonyl (C=O) groups excluding carboxylic acids is 1. The van der Waals surface area contributed by atoms with Crippen molar-refractivity contribution in [3.63, 3.8) is 0 Å². The topological polar surface area (TPSA) is 63.7 Å². The Hall–Kier alpha value is -1.83. The molecule has 156 valence electrons. The van der Waals surface area contributed by atoms with Crippen molar-refractivity contribution in [1.82, 2.24) is 4.31 Å². The van der Waals surface area contributed by atoms with Crippen molar-refractivity contribution in [1.29, 1.82) is 0 Å². The fraction of sp³-hybridized carbons (Fsp3) is 0.409. The Morgan fingerprint density at radius 2 is 1.72 bits per heavy atom. The molecule has 0 radical (unpaired) electrons. The largest absolute Gasteiger partial charge is 0.469 e. The highest BCUT2D eigenvalue weighted by Crippen LogP contribution is 2.45. The summed E-state index contributed by atoms with van der Waals surface area (Å²) in [6.45, 7) is 5.69. The molecule has 0 N–H and O–H groups in total. The average Bonchev–Trinajstić information content (AvgIpc) is 3.00. The molecule has 1 aliphatic heterocycles. The fourth-order valence-corrected chi connectivity index (χ4v) is 7.64. The lowest BCUT2D eigenvalue weighted by Crippen LogP contribution is -2.42. The van der Waals surface area contributed by atoms with Crippen LogP contribution in [0.25, 0.3) is 0 Å². The molecular formula is C22H27NO4S2. The number of aryl methyl sites for hydroxylation is 1. The Bertz CT molecular complexity index is 945. The Morgan fingerprint density at radius 1 is 1.10 bits per heavy atom. The average molecular weight is 434 g/mol. The number of esters is 1. The second-order valence-electron chi connectivity index (χ2n) is 7.31. The van der Waals surface area contributed by atoms with E-state index >= 15 is 0 Å². The van der Waals surface area contributed by atoms with E-state index in [0.717, 1.165) is 10.5 Å². The predicted octanol–water partition coefficient (Wildman–Crippen LogP) is 4.12. The Kier molecular flexibility index (Phi) is 6.71. The van der Waals surface area contributed by atoms with E-state index in [1.165, 1.54) is 11.4 Å². The minimum atomic E-state index is -3.75. The van der Waals surface area contributed by atoms with E-state index < -0.39 is 22.0 Å². The van der Waals surface area contributed by atoms with Gasteiger partial charge in [-0.15, -0.1) is 11.8 Å². The van der Waals surface area contributed by atoms with Crippen LogP contribution in [-0.2, 0) is 19.6 Å². The summed E-state index contributed by atoms with van der Waals surface area (Å²) >= 11 is 1.55. The maximum atomic E-state index is 13.5. The lowest BCUT2D eigenvalue weighted by molar-refractivity contribution is -0.145. The Morgan fingerprint density at radius 3 is 2.28 bits per heavy atom. The Balaban J connectivity index is 2.05. The molecule has 4 atom stereocenters. The van der Waals surface area contributed by atoms with Gasteiger partial charge in [0.15, 0.2) is 0 Å². The summed E-state index contributed by atoms with van der Waals surface area (Å²) in [7, 11) is -2.40. The fourth-order valence-electron chi connectivity index (χ4n) is 4.04. The van der Waals surface area contributed by atoms with E-state index in [4.69, 9.17) is 4.74 Å². The van der Waals surface area contributed by atoms with Crippen LogP contribution < -0.4 is 0 Å². The van der Waals surface area contributed by atoms with Crippen LogP contribution in [-0.4, -0.2) is 43.1 Å². The molecule has 1 fully saturated rings. The van der Waals surface area contributed by atoms with Gasteiger partial charge in [-0.3, -0.25) is 4.79 Å². The van der Waals surface area contributed by atoms with Gasteiger partial charge in [0, 0.05) is 22.2 Å². The predicted molar refractivity (Wildman–Crippen MR) is 115 cm³/mol. The second kappa shape index (κ2) is 8.90. The zero-order valence-electron chi connectivity index (χ0n) is 17.1. The van der Waals surface area contributed by atoms with Crippen LogP contribution >= 0.6 is 11.8 Å². The zero-order chi connectivity index (χ0) is 21.2. The van der Waals surface area contributed by atoms with Crippen molar-refractivity contribution < 1.29 is 17.9 Å². The number of nitrogens with zero attached hydrogens (tertiary/aromatic N) is 1. The van der Waals surface area contributed by atoms with E-state index in [1.807, 2.05) is 51.1 Å². The van der Waals surface area contributed by atoms with Crippen molar-refractivity contribution >= 4 is 27.8 Å². The van der Waals surface area contributed by atoms with Crippen LogP contribution in [0.3, 0.4) is 0 Å². The number of hydrogen-bond donors (Lipinski definition) is 0. The van der Waals surface area contributed by atoms with Gasteiger partial charge in [0.2, 0.25) is 10.0 Å². The molecule has 3 rings (SSSR count). The summed E-state index contributed by atoms with van der Waals surface area (Å²) in [5, 5.41) is -0.231. The summed E-state index contributed by atoms with van der Waals surface area (Å²) in [5.74, 6) is -0.915. The van der Waals surface area contributed by atoms with Gasteiger partial charge in [-0.25, -0.2) is 8.42 Å². The number of sulfonamides is 1. The third-order valence-corrected chi connectivity index (χ3v) is 8.93. The van der Waals surface area contributed by atoms with Crippen molar-refractivity contribution in [2.24, 2.45) is 5.92 Å². The number of hydrogen-bond acceptors (Lipinski definition) is 5. The normalized spacial score (nSPS) is 25.1. The van der Waals surface area contributed by atoms with Crippen molar-refractivity contribution in [2.75, 3.05) is 7.11 Å².